The summed E-state index contributed by atoms with van der Waals surface area (Å²) in [5, 5.41) is 0. The summed E-state index contributed by atoms with van der Waals surface area (Å²) < 4.78 is 0. The van der Waals surface area contributed by atoms with Gasteiger partial charge >= 0.3 is 0 Å². The normalized spacial score (nSPS) is 21.3. The summed E-state index contributed by atoms with van der Waals surface area (Å²) >= 11 is 0. The molecule has 0 atom stereocenters. The molecule has 0 spiro atoms. The van der Waals surface area contributed by atoms with Crippen molar-refractivity contribution in [3.63, 3.8) is 0 Å². The average Bonchev–Trinajstić information content (AvgIpc) is 1.62. The molecule has 1 heteroatoms. The Labute approximate surface area is 67.0 Å². The summed E-state index contributed by atoms with van der Waals surface area (Å²) in [4.78, 5) is 0. The van der Waals surface area contributed by atoms with E-state index >= 15 is 0 Å². The minimum absolute atomic E-state index is 0. The van der Waals surface area contributed by atoms with Crippen molar-refractivity contribution in [1.29, 1.82) is 0 Å². The quantitative estimate of drug-likeness (QED) is 0.384. The standard InChI is InChI=1S/C8H12.Ni/c1-2-4-6-8-7-5-3-1;/h1-2,7-8H,3-6H2;/b2-1-,8-7?;. The van der Waals surface area contributed by atoms with E-state index in [1.807, 2.05) is 0 Å². The second-order valence-electron chi connectivity index (χ2n) is 2.10. The Hall–Kier alpha value is -0.0265. The maximum absolute atomic E-state index is 2.27. The summed E-state index contributed by atoms with van der Waals surface area (Å²) in [5.41, 5.74) is 0. The zero-order valence-electron chi connectivity index (χ0n) is 5.45. The third-order valence-electron chi connectivity index (χ3n) is 1.33. The zero-order valence-corrected chi connectivity index (χ0v) is 6.44. The molecule has 0 unspecified atom stereocenters. The van der Waals surface area contributed by atoms with Gasteiger partial charge in [-0.05, 0) is 25.7 Å². The van der Waals surface area contributed by atoms with Gasteiger partial charge in [-0.25, -0.2) is 0 Å². The van der Waals surface area contributed by atoms with Gasteiger partial charge in [0.1, 0.15) is 0 Å². The van der Waals surface area contributed by atoms with Gasteiger partial charge in [-0.3, -0.25) is 0 Å². The molecule has 0 bridgehead atoms. The number of hydrogen-bond acceptors (Lipinski definition) is 0. The number of rotatable bonds is 0. The van der Waals surface area contributed by atoms with E-state index in [-0.39, 0.29) is 16.5 Å². The third kappa shape index (κ3) is 4.48. The van der Waals surface area contributed by atoms with Crippen molar-refractivity contribution in [2.24, 2.45) is 0 Å². The van der Waals surface area contributed by atoms with Gasteiger partial charge < -0.3 is 0 Å². The van der Waals surface area contributed by atoms with Crippen LogP contribution in [-0.4, -0.2) is 0 Å². The molecular weight excluding hydrogens is 155 g/mol. The van der Waals surface area contributed by atoms with Crippen molar-refractivity contribution < 1.29 is 16.5 Å². The Morgan fingerprint density at radius 3 is 1.00 bits per heavy atom. The van der Waals surface area contributed by atoms with E-state index in [1.165, 1.54) is 25.7 Å². The van der Waals surface area contributed by atoms with Gasteiger partial charge in [-0.1, -0.05) is 24.3 Å². The van der Waals surface area contributed by atoms with E-state index in [0.29, 0.717) is 0 Å². The smallest absolute Gasteiger partial charge is 0 e. The second kappa shape index (κ2) is 6.10. The van der Waals surface area contributed by atoms with Crippen LogP contribution in [0.4, 0.5) is 0 Å². The van der Waals surface area contributed by atoms with Gasteiger partial charge in [-0.2, -0.15) is 0 Å². The molecule has 0 aromatic rings. The molecule has 0 aromatic carbocycles. The molecule has 0 saturated carbocycles. The molecule has 0 aliphatic heterocycles. The van der Waals surface area contributed by atoms with E-state index in [4.69, 9.17) is 0 Å². The molecule has 0 amide bonds. The molecule has 0 fully saturated rings. The first kappa shape index (κ1) is 8.97. The Balaban J connectivity index is 0.000000640. The molecule has 0 aromatic heterocycles. The van der Waals surface area contributed by atoms with Crippen LogP contribution in [0.25, 0.3) is 0 Å². The summed E-state index contributed by atoms with van der Waals surface area (Å²) in [5.74, 6) is 0. The van der Waals surface area contributed by atoms with Crippen molar-refractivity contribution >= 4 is 0 Å². The number of allylic oxidation sites excluding steroid dienone is 4. The van der Waals surface area contributed by atoms with E-state index in [0.717, 1.165) is 0 Å². The fraction of sp³-hybridized carbons (Fsp3) is 0.500. The van der Waals surface area contributed by atoms with Gasteiger partial charge in [0.25, 0.3) is 0 Å². The van der Waals surface area contributed by atoms with Crippen LogP contribution >= 0.6 is 0 Å². The summed E-state index contributed by atoms with van der Waals surface area (Å²) in [6.45, 7) is 0. The molecule has 0 radical (unpaired) electrons. The second-order valence-corrected chi connectivity index (χ2v) is 2.10. The summed E-state index contributed by atoms with van der Waals surface area (Å²) in [7, 11) is 0. The van der Waals surface area contributed by atoms with Crippen molar-refractivity contribution in [1.82, 2.24) is 0 Å². The minimum atomic E-state index is 0. The monoisotopic (exact) mass is 166 g/mol. The minimum Gasteiger partial charge on any atom is -0.0882 e. The molecule has 0 N–H and O–H groups in total. The summed E-state index contributed by atoms with van der Waals surface area (Å²) in [6, 6.07) is 0. The fourth-order valence-electron chi connectivity index (χ4n) is 0.856. The van der Waals surface area contributed by atoms with Crippen LogP contribution in [0, 0.1) is 0 Å². The fourth-order valence-corrected chi connectivity index (χ4v) is 0.856. The maximum Gasteiger partial charge on any atom is 0 e. The zero-order chi connectivity index (χ0) is 5.66. The molecule has 1 rings (SSSR count). The van der Waals surface area contributed by atoms with Crippen LogP contribution in [0.2, 0.25) is 0 Å². The van der Waals surface area contributed by atoms with Gasteiger partial charge in [0.05, 0.1) is 0 Å². The molecule has 1 aliphatic carbocycles. The van der Waals surface area contributed by atoms with Crippen molar-refractivity contribution in [3.05, 3.63) is 24.3 Å². The molecule has 0 saturated heterocycles. The first-order valence-electron chi connectivity index (χ1n) is 3.30. The molecule has 0 nitrogen and oxygen atoms in total. The third-order valence-corrected chi connectivity index (χ3v) is 1.33. The average molecular weight is 167 g/mol. The number of hydrogen-bond donors (Lipinski definition) is 0. The molecule has 54 valence electrons. The van der Waals surface area contributed by atoms with E-state index in [9.17, 15) is 0 Å². The van der Waals surface area contributed by atoms with Gasteiger partial charge in [-0.15, -0.1) is 0 Å². The van der Waals surface area contributed by atoms with E-state index in [1.54, 1.807) is 0 Å². The largest absolute Gasteiger partial charge is 0.0882 e. The van der Waals surface area contributed by atoms with Crippen molar-refractivity contribution in [2.75, 3.05) is 0 Å². The van der Waals surface area contributed by atoms with Crippen LogP contribution in [0.15, 0.2) is 24.3 Å². The van der Waals surface area contributed by atoms with Crippen molar-refractivity contribution in [3.8, 4) is 0 Å². The Bertz CT molecular complexity index is 77.1. The predicted octanol–water partition coefficient (Wildman–Crippen LogP) is 2.67. The Morgan fingerprint density at radius 1 is 0.556 bits per heavy atom. The van der Waals surface area contributed by atoms with Crippen LogP contribution < -0.4 is 0 Å². The van der Waals surface area contributed by atoms with Crippen LogP contribution in [0.5, 0.6) is 0 Å². The van der Waals surface area contributed by atoms with Gasteiger partial charge in [0.2, 0.25) is 0 Å². The molecule has 1 aliphatic rings. The van der Waals surface area contributed by atoms with E-state index in [2.05, 4.69) is 24.3 Å². The SMILES string of the molecule is C1=CCC/C=C\CC1.[Ni]. The van der Waals surface area contributed by atoms with Crippen LogP contribution in [0.3, 0.4) is 0 Å². The van der Waals surface area contributed by atoms with Gasteiger partial charge in [0.15, 0.2) is 0 Å². The summed E-state index contributed by atoms with van der Waals surface area (Å²) in [6.07, 6.45) is 14.0. The topological polar surface area (TPSA) is 0 Å². The predicted molar refractivity (Wildman–Crippen MR) is 36.7 cm³/mol. The Kier molecular flexibility index (Phi) is 6.08. The van der Waals surface area contributed by atoms with E-state index < -0.39 is 0 Å². The Morgan fingerprint density at radius 2 is 0.778 bits per heavy atom. The van der Waals surface area contributed by atoms with Gasteiger partial charge in [0, 0.05) is 16.5 Å². The first-order chi connectivity index (χ1) is 4.00. The maximum atomic E-state index is 2.27. The molecule has 0 heterocycles. The molecular formula is C8H12Ni. The van der Waals surface area contributed by atoms with Crippen LogP contribution in [-0.2, 0) is 16.5 Å². The molecule has 9 heavy (non-hydrogen) atoms. The first-order valence-corrected chi connectivity index (χ1v) is 3.30. The van der Waals surface area contributed by atoms with Crippen molar-refractivity contribution in [2.45, 2.75) is 25.7 Å². The van der Waals surface area contributed by atoms with Crippen LogP contribution in [0.1, 0.15) is 25.7 Å².